The second-order valence-electron chi connectivity index (χ2n) is 3.88. The van der Waals surface area contributed by atoms with Crippen molar-refractivity contribution in [2.45, 2.75) is 4.90 Å². The lowest BCUT2D eigenvalue weighted by Gasteiger charge is -2.25. The Bertz CT molecular complexity index is 549. The molecule has 18 heavy (non-hydrogen) atoms. The third-order valence-electron chi connectivity index (χ3n) is 2.76. The minimum atomic E-state index is -3.50. The van der Waals surface area contributed by atoms with E-state index in [1.807, 2.05) is 0 Å². The normalized spacial score (nSPS) is 18.7. The van der Waals surface area contributed by atoms with Crippen LogP contribution in [0, 0.1) is 0 Å². The first-order chi connectivity index (χ1) is 8.54. The zero-order valence-electron chi connectivity index (χ0n) is 10.00. The van der Waals surface area contributed by atoms with E-state index >= 15 is 0 Å². The van der Waals surface area contributed by atoms with Gasteiger partial charge in [-0.25, -0.2) is 13.4 Å². The molecule has 6 nitrogen and oxygen atoms in total. The maximum Gasteiger partial charge on any atom is 0.243 e. The van der Waals surface area contributed by atoms with Gasteiger partial charge < -0.3 is 5.32 Å². The van der Waals surface area contributed by atoms with E-state index in [0.29, 0.717) is 30.4 Å². The third kappa shape index (κ3) is 2.70. The molecule has 0 atom stereocenters. The Labute approximate surface area is 109 Å². The van der Waals surface area contributed by atoms with Crippen LogP contribution in [0.3, 0.4) is 0 Å². The number of nitrogens with zero attached hydrogens (tertiary/aromatic N) is 2. The Balaban J connectivity index is 2.27. The maximum atomic E-state index is 12.3. The number of sulfonamides is 1. The van der Waals surface area contributed by atoms with Crippen molar-refractivity contribution in [3.8, 4) is 0 Å². The fourth-order valence-corrected chi connectivity index (χ4v) is 4.46. The van der Waals surface area contributed by atoms with Gasteiger partial charge in [-0.3, -0.25) is 4.21 Å². The lowest BCUT2D eigenvalue weighted by molar-refractivity contribution is 0.438. The molecule has 2 rings (SSSR count). The van der Waals surface area contributed by atoms with Crippen molar-refractivity contribution in [1.82, 2.24) is 9.29 Å². The molecule has 100 valence electrons. The first-order valence-electron chi connectivity index (χ1n) is 5.53. The first kappa shape index (κ1) is 13.4. The molecular formula is C10H15N3O3S2. The van der Waals surface area contributed by atoms with Crippen LogP contribution in [0.4, 0.5) is 5.82 Å². The fourth-order valence-electron chi connectivity index (χ4n) is 1.72. The summed E-state index contributed by atoms with van der Waals surface area (Å²) in [4.78, 5) is 4.20. The van der Waals surface area contributed by atoms with Crippen LogP contribution < -0.4 is 5.32 Å². The molecule has 0 amide bonds. The van der Waals surface area contributed by atoms with E-state index in [2.05, 4.69) is 10.3 Å². The second-order valence-corrected chi connectivity index (χ2v) is 7.51. The number of rotatable bonds is 3. The lowest BCUT2D eigenvalue weighted by atomic mass is 10.5. The molecule has 0 bridgehead atoms. The van der Waals surface area contributed by atoms with Crippen molar-refractivity contribution >= 4 is 26.6 Å². The van der Waals surface area contributed by atoms with Crippen molar-refractivity contribution in [1.29, 1.82) is 0 Å². The molecule has 1 aliphatic rings. The van der Waals surface area contributed by atoms with Crippen LogP contribution in [0.1, 0.15) is 0 Å². The quantitative estimate of drug-likeness (QED) is 0.839. The SMILES string of the molecule is CNc1cc(S(=O)(=O)N2CCS(=O)CC2)ccn1. The maximum absolute atomic E-state index is 12.3. The van der Waals surface area contributed by atoms with E-state index < -0.39 is 20.8 Å². The van der Waals surface area contributed by atoms with Crippen LogP contribution in [-0.2, 0) is 20.8 Å². The summed E-state index contributed by atoms with van der Waals surface area (Å²) in [5, 5.41) is 2.81. The Kier molecular flexibility index (Phi) is 3.98. The number of hydrogen-bond donors (Lipinski definition) is 1. The van der Waals surface area contributed by atoms with Gasteiger partial charge in [0.05, 0.1) is 4.90 Å². The van der Waals surface area contributed by atoms with Crippen molar-refractivity contribution in [2.24, 2.45) is 0 Å². The van der Waals surface area contributed by atoms with Crippen LogP contribution in [0.2, 0.25) is 0 Å². The highest BCUT2D eigenvalue weighted by Gasteiger charge is 2.28. The van der Waals surface area contributed by atoms with E-state index in [9.17, 15) is 12.6 Å². The number of aromatic nitrogens is 1. The van der Waals surface area contributed by atoms with Crippen LogP contribution in [0.5, 0.6) is 0 Å². The molecule has 0 aromatic carbocycles. The zero-order valence-corrected chi connectivity index (χ0v) is 11.6. The standard InChI is InChI=1S/C10H15N3O3S2/c1-11-10-8-9(2-3-12-10)18(15,16)13-4-6-17(14)7-5-13/h2-3,8H,4-7H2,1H3,(H,11,12). The van der Waals surface area contributed by atoms with Gasteiger partial charge in [0.2, 0.25) is 10.0 Å². The number of nitrogens with one attached hydrogen (secondary N) is 1. The van der Waals surface area contributed by atoms with Gasteiger partial charge in [0.25, 0.3) is 0 Å². The molecule has 1 fully saturated rings. The molecule has 1 aliphatic heterocycles. The number of pyridine rings is 1. The molecular weight excluding hydrogens is 274 g/mol. The highest BCUT2D eigenvalue weighted by atomic mass is 32.2. The summed E-state index contributed by atoms with van der Waals surface area (Å²) in [6, 6.07) is 2.97. The Morgan fingerprint density at radius 2 is 2.06 bits per heavy atom. The Hall–Kier alpha value is -0.990. The Morgan fingerprint density at radius 3 is 2.67 bits per heavy atom. The lowest BCUT2D eigenvalue weighted by Crippen LogP contribution is -2.41. The van der Waals surface area contributed by atoms with Crippen LogP contribution >= 0.6 is 0 Å². The van der Waals surface area contributed by atoms with Crippen LogP contribution in [0.25, 0.3) is 0 Å². The fraction of sp³-hybridized carbons (Fsp3) is 0.500. The van der Waals surface area contributed by atoms with E-state index in [0.717, 1.165) is 0 Å². The van der Waals surface area contributed by atoms with Gasteiger partial charge >= 0.3 is 0 Å². The number of anilines is 1. The molecule has 0 radical (unpaired) electrons. The van der Waals surface area contributed by atoms with Gasteiger partial charge in [0.15, 0.2) is 0 Å². The predicted octanol–water partition coefficient (Wildman–Crippen LogP) is -0.124. The summed E-state index contributed by atoms with van der Waals surface area (Å²) in [7, 11) is -2.70. The zero-order chi connectivity index (χ0) is 13.2. The van der Waals surface area contributed by atoms with Crippen molar-refractivity contribution in [3.05, 3.63) is 18.3 Å². The highest BCUT2D eigenvalue weighted by Crippen LogP contribution is 2.19. The minimum absolute atomic E-state index is 0.217. The van der Waals surface area contributed by atoms with Gasteiger partial charge in [0, 0.05) is 54.7 Å². The topological polar surface area (TPSA) is 79.4 Å². The molecule has 0 unspecified atom stereocenters. The summed E-state index contributed by atoms with van der Waals surface area (Å²) >= 11 is 0. The van der Waals surface area contributed by atoms with E-state index in [4.69, 9.17) is 0 Å². The summed E-state index contributed by atoms with van der Waals surface area (Å²) in [6.45, 7) is 0.623. The van der Waals surface area contributed by atoms with E-state index in [1.54, 1.807) is 7.05 Å². The van der Waals surface area contributed by atoms with Crippen molar-refractivity contribution < 1.29 is 12.6 Å². The van der Waals surface area contributed by atoms with Crippen LogP contribution in [-0.4, -0.2) is 53.6 Å². The monoisotopic (exact) mass is 289 g/mol. The summed E-state index contributed by atoms with van der Waals surface area (Å²) < 4.78 is 37.3. The molecule has 2 heterocycles. The third-order valence-corrected chi connectivity index (χ3v) is 5.93. The minimum Gasteiger partial charge on any atom is -0.373 e. The molecule has 1 N–H and O–H groups in total. The highest BCUT2D eigenvalue weighted by molar-refractivity contribution is 7.89. The average molecular weight is 289 g/mol. The van der Waals surface area contributed by atoms with E-state index in [1.165, 1.54) is 22.6 Å². The van der Waals surface area contributed by atoms with Gasteiger partial charge in [-0.15, -0.1) is 0 Å². The smallest absolute Gasteiger partial charge is 0.243 e. The molecule has 0 saturated carbocycles. The van der Waals surface area contributed by atoms with Crippen LogP contribution in [0.15, 0.2) is 23.2 Å². The summed E-state index contributed by atoms with van der Waals surface area (Å²) in [5.74, 6) is 1.32. The number of hydrogen-bond acceptors (Lipinski definition) is 5. The molecule has 0 aliphatic carbocycles. The predicted molar refractivity (Wildman–Crippen MR) is 70.4 cm³/mol. The second kappa shape index (κ2) is 5.33. The molecule has 8 heteroatoms. The van der Waals surface area contributed by atoms with Gasteiger partial charge in [-0.1, -0.05) is 0 Å². The van der Waals surface area contributed by atoms with Crippen molar-refractivity contribution in [2.75, 3.05) is 37.0 Å². The van der Waals surface area contributed by atoms with Crippen molar-refractivity contribution in [3.63, 3.8) is 0 Å². The molecule has 1 aromatic heterocycles. The van der Waals surface area contributed by atoms with Gasteiger partial charge in [-0.05, 0) is 6.07 Å². The van der Waals surface area contributed by atoms with Gasteiger partial charge in [0.1, 0.15) is 5.82 Å². The Morgan fingerprint density at radius 1 is 1.39 bits per heavy atom. The summed E-state index contributed by atoms with van der Waals surface area (Å²) in [5.41, 5.74) is 0. The molecule has 1 saturated heterocycles. The summed E-state index contributed by atoms with van der Waals surface area (Å²) in [6.07, 6.45) is 1.46. The first-order valence-corrected chi connectivity index (χ1v) is 8.46. The van der Waals surface area contributed by atoms with Gasteiger partial charge in [-0.2, -0.15) is 4.31 Å². The average Bonchev–Trinajstić information content (AvgIpc) is 2.39. The van der Waals surface area contributed by atoms with E-state index in [-0.39, 0.29) is 4.90 Å². The molecule has 1 aromatic rings. The molecule has 0 spiro atoms. The largest absolute Gasteiger partial charge is 0.373 e.